The average Bonchev–Trinajstić information content (AvgIpc) is 3.40. The van der Waals surface area contributed by atoms with E-state index in [0.29, 0.717) is 41.5 Å². The molecule has 1 amide bonds. The minimum Gasteiger partial charge on any atom is -0.296 e. The molecule has 0 radical (unpaired) electrons. The third-order valence-electron chi connectivity index (χ3n) is 5.18. The van der Waals surface area contributed by atoms with Gasteiger partial charge in [-0.3, -0.25) is 10.1 Å². The first-order valence-electron chi connectivity index (χ1n) is 9.58. The number of benzene rings is 1. The average molecular weight is 421 g/mol. The van der Waals surface area contributed by atoms with Crippen LogP contribution in [0.4, 0.5) is 5.13 Å². The van der Waals surface area contributed by atoms with Crippen LogP contribution in [0.1, 0.15) is 54.4 Å². The van der Waals surface area contributed by atoms with Crippen LogP contribution < -0.4 is 5.32 Å². The first-order valence-corrected chi connectivity index (χ1v) is 11.8. The molecular formula is C19H24N4O3S2. The van der Waals surface area contributed by atoms with Crippen molar-refractivity contribution in [2.45, 2.75) is 43.9 Å². The van der Waals surface area contributed by atoms with Crippen molar-refractivity contribution in [2.24, 2.45) is 11.8 Å². The van der Waals surface area contributed by atoms with E-state index in [1.54, 1.807) is 16.4 Å². The molecule has 1 aromatic carbocycles. The highest BCUT2D eigenvalue weighted by Gasteiger charge is 2.32. The summed E-state index contributed by atoms with van der Waals surface area (Å²) in [5, 5.41) is 12.3. The summed E-state index contributed by atoms with van der Waals surface area (Å²) in [6, 6.07) is 6.09. The number of anilines is 1. The van der Waals surface area contributed by atoms with E-state index in [1.165, 1.54) is 23.5 Å². The predicted molar refractivity (Wildman–Crippen MR) is 108 cm³/mol. The highest BCUT2D eigenvalue weighted by Crippen LogP contribution is 2.42. The van der Waals surface area contributed by atoms with Gasteiger partial charge < -0.3 is 0 Å². The van der Waals surface area contributed by atoms with E-state index in [4.69, 9.17) is 0 Å². The zero-order valence-electron chi connectivity index (χ0n) is 16.0. The van der Waals surface area contributed by atoms with Gasteiger partial charge in [0.05, 0.1) is 4.90 Å². The van der Waals surface area contributed by atoms with E-state index in [0.717, 1.165) is 24.3 Å². The number of nitrogens with zero attached hydrogens (tertiary/aromatic N) is 3. The Bertz CT molecular complexity index is 957. The van der Waals surface area contributed by atoms with Crippen LogP contribution in [0, 0.1) is 11.8 Å². The monoisotopic (exact) mass is 420 g/mol. The second kappa shape index (κ2) is 7.53. The standard InChI is InChI=1S/C19H24N4O3S2/c1-12-9-13(2)11-23(10-12)28(25,26)16-7-5-14(6-8-16)17(24)20-19-22-21-18(27-19)15-3-4-15/h5-8,12-13,15H,3-4,9-11H2,1-2H3,(H,20,22,24)/t12-,13+. The lowest BCUT2D eigenvalue weighted by Crippen LogP contribution is -2.42. The molecule has 2 heterocycles. The van der Waals surface area contributed by atoms with Gasteiger partial charge in [-0.15, -0.1) is 10.2 Å². The highest BCUT2D eigenvalue weighted by molar-refractivity contribution is 7.89. The van der Waals surface area contributed by atoms with Crippen molar-refractivity contribution in [2.75, 3.05) is 18.4 Å². The summed E-state index contributed by atoms with van der Waals surface area (Å²) in [5.41, 5.74) is 0.391. The number of hydrogen-bond acceptors (Lipinski definition) is 6. The quantitative estimate of drug-likeness (QED) is 0.801. The molecule has 7 nitrogen and oxygen atoms in total. The van der Waals surface area contributed by atoms with E-state index in [-0.39, 0.29) is 10.8 Å². The molecule has 2 fully saturated rings. The smallest absolute Gasteiger partial charge is 0.257 e. The molecule has 1 aromatic heterocycles. The van der Waals surface area contributed by atoms with Crippen molar-refractivity contribution < 1.29 is 13.2 Å². The molecule has 1 aliphatic carbocycles. The summed E-state index contributed by atoms with van der Waals surface area (Å²) in [6.07, 6.45) is 3.30. The molecule has 150 valence electrons. The Kier molecular flexibility index (Phi) is 5.24. The minimum absolute atomic E-state index is 0.220. The molecular weight excluding hydrogens is 396 g/mol. The van der Waals surface area contributed by atoms with Crippen LogP contribution in [0.3, 0.4) is 0 Å². The lowest BCUT2D eigenvalue weighted by atomic mass is 9.94. The molecule has 2 aromatic rings. The van der Waals surface area contributed by atoms with Crippen molar-refractivity contribution in [3.8, 4) is 0 Å². The van der Waals surface area contributed by atoms with Crippen molar-refractivity contribution in [3.05, 3.63) is 34.8 Å². The molecule has 1 aliphatic heterocycles. The fourth-order valence-corrected chi connectivity index (χ4v) is 6.27. The summed E-state index contributed by atoms with van der Waals surface area (Å²) in [4.78, 5) is 12.6. The number of rotatable bonds is 5. The Balaban J connectivity index is 1.45. The largest absolute Gasteiger partial charge is 0.296 e. The van der Waals surface area contributed by atoms with Crippen LogP contribution in [0.5, 0.6) is 0 Å². The van der Waals surface area contributed by atoms with Crippen LogP contribution in [-0.4, -0.2) is 41.9 Å². The van der Waals surface area contributed by atoms with Crippen LogP contribution in [0.15, 0.2) is 29.2 Å². The van der Waals surface area contributed by atoms with Gasteiger partial charge in [-0.25, -0.2) is 8.42 Å². The predicted octanol–water partition coefficient (Wildman–Crippen LogP) is 3.33. The molecule has 1 saturated carbocycles. The number of aromatic nitrogens is 2. The number of nitrogens with one attached hydrogen (secondary N) is 1. The number of sulfonamides is 1. The van der Waals surface area contributed by atoms with Gasteiger partial charge in [-0.2, -0.15) is 4.31 Å². The van der Waals surface area contributed by atoms with Crippen LogP contribution in [-0.2, 0) is 10.0 Å². The Labute approximate surface area is 169 Å². The van der Waals surface area contributed by atoms with E-state index in [2.05, 4.69) is 29.4 Å². The van der Waals surface area contributed by atoms with Gasteiger partial charge in [0.15, 0.2) is 0 Å². The van der Waals surface area contributed by atoms with Gasteiger partial charge in [0.1, 0.15) is 5.01 Å². The summed E-state index contributed by atoms with van der Waals surface area (Å²) in [6.45, 7) is 5.23. The maximum absolute atomic E-state index is 12.9. The molecule has 9 heteroatoms. The van der Waals surface area contributed by atoms with Crippen molar-refractivity contribution >= 4 is 32.4 Å². The van der Waals surface area contributed by atoms with Crippen LogP contribution in [0.2, 0.25) is 0 Å². The van der Waals surface area contributed by atoms with E-state index in [9.17, 15) is 13.2 Å². The summed E-state index contributed by atoms with van der Waals surface area (Å²) < 4.78 is 27.4. The Morgan fingerprint density at radius 1 is 1.11 bits per heavy atom. The van der Waals surface area contributed by atoms with Gasteiger partial charge in [-0.05, 0) is 55.4 Å². The first kappa shape index (κ1) is 19.5. The Hall–Kier alpha value is -1.84. The normalized spacial score (nSPS) is 23.5. The molecule has 2 aliphatic rings. The Morgan fingerprint density at radius 2 is 1.75 bits per heavy atom. The molecule has 1 saturated heterocycles. The molecule has 1 N–H and O–H groups in total. The van der Waals surface area contributed by atoms with Gasteiger partial charge in [-0.1, -0.05) is 25.2 Å². The second-order valence-corrected chi connectivity index (χ2v) is 10.9. The lowest BCUT2D eigenvalue weighted by molar-refractivity contribution is 0.102. The van der Waals surface area contributed by atoms with Crippen molar-refractivity contribution in [1.82, 2.24) is 14.5 Å². The number of carbonyl (C=O) groups is 1. The number of piperidine rings is 1. The second-order valence-electron chi connectivity index (χ2n) is 7.97. The van der Waals surface area contributed by atoms with Crippen molar-refractivity contribution in [1.29, 1.82) is 0 Å². The summed E-state index contributed by atoms with van der Waals surface area (Å²) in [5.74, 6) is 0.863. The van der Waals surface area contributed by atoms with Crippen molar-refractivity contribution in [3.63, 3.8) is 0 Å². The maximum atomic E-state index is 12.9. The molecule has 0 spiro atoms. The summed E-state index contributed by atoms with van der Waals surface area (Å²) in [7, 11) is -3.55. The number of hydrogen-bond donors (Lipinski definition) is 1. The van der Waals surface area contributed by atoms with E-state index < -0.39 is 10.0 Å². The van der Waals surface area contributed by atoms with Gasteiger partial charge in [0.25, 0.3) is 5.91 Å². The zero-order valence-corrected chi connectivity index (χ0v) is 17.6. The number of amides is 1. The zero-order chi connectivity index (χ0) is 19.9. The highest BCUT2D eigenvalue weighted by atomic mass is 32.2. The first-order chi connectivity index (χ1) is 13.3. The maximum Gasteiger partial charge on any atom is 0.257 e. The minimum atomic E-state index is -3.55. The topological polar surface area (TPSA) is 92.3 Å². The molecule has 0 unspecified atom stereocenters. The molecule has 4 rings (SSSR count). The third-order valence-corrected chi connectivity index (χ3v) is 8.02. The fraction of sp³-hybridized carbons (Fsp3) is 0.526. The summed E-state index contributed by atoms with van der Waals surface area (Å²) >= 11 is 1.40. The van der Waals surface area contributed by atoms with E-state index >= 15 is 0 Å². The fourth-order valence-electron chi connectivity index (χ4n) is 3.68. The van der Waals surface area contributed by atoms with Crippen LogP contribution >= 0.6 is 11.3 Å². The molecule has 0 bridgehead atoms. The molecule has 2 atom stereocenters. The molecule has 28 heavy (non-hydrogen) atoms. The van der Waals surface area contributed by atoms with Crippen LogP contribution in [0.25, 0.3) is 0 Å². The van der Waals surface area contributed by atoms with E-state index in [1.807, 2.05) is 0 Å². The SMILES string of the molecule is C[C@@H]1C[C@H](C)CN(S(=O)(=O)c2ccc(C(=O)Nc3nnc(C4CC4)s3)cc2)C1. The van der Waals surface area contributed by atoms with Gasteiger partial charge >= 0.3 is 0 Å². The van der Waals surface area contributed by atoms with Gasteiger partial charge in [0.2, 0.25) is 15.2 Å². The van der Waals surface area contributed by atoms with Gasteiger partial charge in [0, 0.05) is 24.6 Å². The third kappa shape index (κ3) is 4.11. The Morgan fingerprint density at radius 3 is 2.36 bits per heavy atom. The lowest BCUT2D eigenvalue weighted by Gasteiger charge is -2.34. The number of carbonyl (C=O) groups excluding carboxylic acids is 1.